The standard InChI is InChI=1S/C19H12Cl2N6O7S2.2Na/c20-17-23-18(21)25-19(24-17)22-12-8-11-9(6-13(12)35(29,30)31)7-14(36(32,33)34)15(16(11)28)27-26-10-4-2-1-3-5-10;;/h1-8,28H,(H,29,30,31)(H,32,33,34)(H,22,23,24,25);;/q;2*+1/p-2. The number of anilines is 2. The van der Waals surface area contributed by atoms with E-state index >= 15 is 0 Å². The average molecular weight is 615 g/mol. The Hall–Kier alpha value is -1.47. The smallest absolute Gasteiger partial charge is 0.744 e. The first kappa shape index (κ1) is 32.7. The molecule has 0 spiro atoms. The second kappa shape index (κ2) is 12.8. The average Bonchev–Trinajstić information content (AvgIpc) is 2.77. The molecule has 1 heterocycles. The van der Waals surface area contributed by atoms with Crippen LogP contribution in [0.15, 0.2) is 68.6 Å². The molecule has 0 unspecified atom stereocenters. The van der Waals surface area contributed by atoms with Crippen molar-refractivity contribution in [1.29, 1.82) is 0 Å². The number of benzene rings is 3. The summed E-state index contributed by atoms with van der Waals surface area (Å²) in [7, 11) is -10.4. The molecule has 0 saturated heterocycles. The molecule has 13 nitrogen and oxygen atoms in total. The molecule has 186 valence electrons. The summed E-state index contributed by atoms with van der Waals surface area (Å²) in [6, 6.07) is 10.5. The Bertz CT molecular complexity index is 1740. The van der Waals surface area contributed by atoms with Crippen LogP contribution in [0.3, 0.4) is 0 Å². The van der Waals surface area contributed by atoms with Crippen LogP contribution in [0.5, 0.6) is 5.75 Å². The third kappa shape index (κ3) is 7.59. The third-order valence-corrected chi connectivity index (χ3v) is 6.60. The Kier molecular flexibility index (Phi) is 11.0. The predicted molar refractivity (Wildman–Crippen MR) is 125 cm³/mol. The summed E-state index contributed by atoms with van der Waals surface area (Å²) in [4.78, 5) is 9.10. The fourth-order valence-electron chi connectivity index (χ4n) is 3.07. The van der Waals surface area contributed by atoms with Crippen molar-refractivity contribution >= 4 is 77.2 Å². The van der Waals surface area contributed by atoms with Crippen molar-refractivity contribution in [3.8, 4) is 5.75 Å². The minimum atomic E-state index is -5.23. The maximum Gasteiger partial charge on any atom is 1.00 e. The topological polar surface area (TPSA) is 210 Å². The molecular formula is C19H10Cl2N6Na2O7S2. The van der Waals surface area contributed by atoms with Crippen LogP contribution in [0.2, 0.25) is 10.6 Å². The summed E-state index contributed by atoms with van der Waals surface area (Å²) in [5, 5.41) is 19.7. The SMILES string of the molecule is O=S(=O)([O-])c1cc2cc(S(=O)(=O)[O-])c(N=Nc3ccccc3)c(O)c2cc1Nc1nc(Cl)nc(Cl)n1.[Na+].[Na+]. The zero-order chi connectivity index (χ0) is 26.3. The van der Waals surface area contributed by atoms with Gasteiger partial charge in [-0.2, -0.15) is 20.1 Å². The van der Waals surface area contributed by atoms with Gasteiger partial charge in [-0.3, -0.25) is 0 Å². The molecule has 4 rings (SSSR count). The zero-order valence-electron chi connectivity index (χ0n) is 19.3. The van der Waals surface area contributed by atoms with E-state index in [2.05, 4.69) is 30.5 Å². The van der Waals surface area contributed by atoms with Gasteiger partial charge in [0.1, 0.15) is 25.9 Å². The van der Waals surface area contributed by atoms with Gasteiger partial charge in [0.05, 0.1) is 21.2 Å². The van der Waals surface area contributed by atoms with Crippen LogP contribution in [-0.2, 0) is 20.2 Å². The van der Waals surface area contributed by atoms with Gasteiger partial charge < -0.3 is 19.5 Å². The van der Waals surface area contributed by atoms with Gasteiger partial charge in [0.25, 0.3) is 0 Å². The van der Waals surface area contributed by atoms with E-state index in [9.17, 15) is 31.0 Å². The number of phenolic OH excluding ortho intramolecular Hbond substituents is 1. The molecular weight excluding hydrogens is 605 g/mol. The Morgan fingerprint density at radius 1 is 0.816 bits per heavy atom. The summed E-state index contributed by atoms with van der Waals surface area (Å²) in [6.07, 6.45) is 0. The second-order valence-corrected chi connectivity index (χ2v) is 10.3. The van der Waals surface area contributed by atoms with Crippen LogP contribution in [0, 0.1) is 0 Å². The van der Waals surface area contributed by atoms with E-state index in [1.807, 2.05) is 0 Å². The Morgan fingerprint density at radius 2 is 1.37 bits per heavy atom. The van der Waals surface area contributed by atoms with Gasteiger partial charge in [0, 0.05) is 5.39 Å². The predicted octanol–water partition coefficient (Wildman–Crippen LogP) is -1.99. The Labute approximate surface area is 269 Å². The number of rotatable bonds is 6. The number of halogens is 2. The van der Waals surface area contributed by atoms with Crippen LogP contribution in [-0.4, -0.2) is 46.0 Å². The molecule has 1 aromatic heterocycles. The van der Waals surface area contributed by atoms with Crippen LogP contribution in [0.25, 0.3) is 10.8 Å². The fraction of sp³-hybridized carbons (Fsp3) is 0. The second-order valence-electron chi connectivity index (χ2n) is 6.91. The molecule has 0 aliphatic carbocycles. The van der Waals surface area contributed by atoms with Crippen molar-refractivity contribution in [3.05, 3.63) is 59.1 Å². The van der Waals surface area contributed by atoms with Crippen molar-refractivity contribution in [2.75, 3.05) is 5.32 Å². The molecule has 38 heavy (non-hydrogen) atoms. The van der Waals surface area contributed by atoms with Crippen LogP contribution in [0.1, 0.15) is 0 Å². The molecule has 0 fully saturated rings. The molecule has 0 saturated carbocycles. The first-order chi connectivity index (χ1) is 16.8. The molecule has 4 aromatic rings. The molecule has 0 bridgehead atoms. The van der Waals surface area contributed by atoms with E-state index in [4.69, 9.17) is 23.2 Å². The van der Waals surface area contributed by atoms with Gasteiger partial charge >= 0.3 is 59.1 Å². The first-order valence-electron chi connectivity index (χ1n) is 9.39. The van der Waals surface area contributed by atoms with Gasteiger partial charge in [-0.05, 0) is 58.9 Å². The van der Waals surface area contributed by atoms with E-state index in [0.29, 0.717) is 0 Å². The molecule has 0 radical (unpaired) electrons. The molecule has 0 amide bonds. The number of nitrogens with one attached hydrogen (secondary N) is 1. The van der Waals surface area contributed by atoms with E-state index in [-0.39, 0.29) is 92.1 Å². The molecule has 3 aromatic carbocycles. The maximum atomic E-state index is 11.9. The van der Waals surface area contributed by atoms with Crippen molar-refractivity contribution in [3.63, 3.8) is 0 Å². The first-order valence-corrected chi connectivity index (χ1v) is 13.0. The van der Waals surface area contributed by atoms with E-state index in [1.165, 1.54) is 12.1 Å². The monoisotopic (exact) mass is 614 g/mol. The van der Waals surface area contributed by atoms with Gasteiger partial charge in [0.2, 0.25) is 16.5 Å². The number of fused-ring (bicyclic) bond motifs is 1. The summed E-state index contributed by atoms with van der Waals surface area (Å²) < 4.78 is 71.5. The largest absolute Gasteiger partial charge is 1.00 e. The number of hydrogen-bond donors (Lipinski definition) is 2. The molecule has 0 aliphatic rings. The third-order valence-electron chi connectivity index (χ3n) is 4.54. The van der Waals surface area contributed by atoms with Crippen LogP contribution in [0.4, 0.5) is 23.0 Å². The number of aromatic nitrogens is 3. The molecule has 19 heteroatoms. The van der Waals surface area contributed by atoms with Gasteiger partial charge in [-0.15, -0.1) is 5.11 Å². The molecule has 0 aliphatic heterocycles. The van der Waals surface area contributed by atoms with Crippen molar-refractivity contribution in [2.45, 2.75) is 9.79 Å². The number of aromatic hydroxyl groups is 1. The van der Waals surface area contributed by atoms with Gasteiger partial charge in [-0.1, -0.05) is 18.2 Å². The van der Waals surface area contributed by atoms with E-state index in [0.717, 1.165) is 18.2 Å². The summed E-state index contributed by atoms with van der Waals surface area (Å²) >= 11 is 11.4. The van der Waals surface area contributed by atoms with Crippen molar-refractivity contribution in [1.82, 2.24) is 15.0 Å². The van der Waals surface area contributed by atoms with Gasteiger partial charge in [-0.25, -0.2) is 16.8 Å². The quantitative estimate of drug-likeness (QED) is 0.138. The van der Waals surface area contributed by atoms with Crippen LogP contribution < -0.4 is 64.4 Å². The normalized spacial score (nSPS) is 11.7. The number of nitrogens with zero attached hydrogens (tertiary/aromatic N) is 5. The van der Waals surface area contributed by atoms with E-state index < -0.39 is 47.2 Å². The van der Waals surface area contributed by atoms with Crippen LogP contribution >= 0.6 is 23.2 Å². The molecule has 0 atom stereocenters. The summed E-state index contributed by atoms with van der Waals surface area (Å²) in [5.74, 6) is -1.17. The fourth-order valence-corrected chi connectivity index (χ4v) is 4.73. The van der Waals surface area contributed by atoms with Gasteiger partial charge in [0.15, 0.2) is 5.75 Å². The number of hydrogen-bond acceptors (Lipinski definition) is 13. The Balaban J connectivity index is 0.00000253. The minimum Gasteiger partial charge on any atom is -0.744 e. The maximum absolute atomic E-state index is 11.9. The van der Waals surface area contributed by atoms with Crippen molar-refractivity contribution < 1.29 is 90.2 Å². The van der Waals surface area contributed by atoms with E-state index in [1.54, 1.807) is 18.2 Å². The summed E-state index contributed by atoms with van der Waals surface area (Å²) in [5.41, 5.74) is -0.837. The van der Waals surface area contributed by atoms with Crippen molar-refractivity contribution in [2.24, 2.45) is 10.2 Å². The zero-order valence-corrected chi connectivity index (χ0v) is 26.5. The molecule has 2 N–H and O–H groups in total. The minimum absolute atomic E-state index is 0. The Morgan fingerprint density at radius 3 is 1.92 bits per heavy atom. The summed E-state index contributed by atoms with van der Waals surface area (Å²) in [6.45, 7) is 0. The number of phenols is 1. The number of azo groups is 1.